The van der Waals surface area contributed by atoms with E-state index < -0.39 is 82.1 Å². The summed E-state index contributed by atoms with van der Waals surface area (Å²) in [6.07, 6.45) is -1.70. The SMILES string of the molecule is CC1c2c(-c3ccc(Cl)cc3)ccc(O)c2C(=O)C2C(=O)[C@]3(O)C(=O)C(C(N)=O)C(=O)[C@@H](N(C)C)[C@@H]3[C@@H](O)[C@@H]21. The maximum absolute atomic E-state index is 14.0. The third kappa shape index (κ3) is 3.55. The molecule has 2 fully saturated rings. The molecule has 5 rings (SSSR count). The fraction of sp³-hybridized carbons (Fsp3) is 0.393. The number of benzene rings is 2. The van der Waals surface area contributed by atoms with Gasteiger partial charge in [-0.2, -0.15) is 0 Å². The maximum Gasteiger partial charge on any atom is 0.235 e. The van der Waals surface area contributed by atoms with Crippen molar-refractivity contribution in [3.63, 3.8) is 0 Å². The lowest BCUT2D eigenvalue weighted by molar-refractivity contribution is -0.196. The molecule has 10 nitrogen and oxygen atoms in total. The molecule has 0 spiro atoms. The summed E-state index contributed by atoms with van der Waals surface area (Å²) in [6.45, 7) is 1.67. The quantitative estimate of drug-likeness (QED) is 0.398. The van der Waals surface area contributed by atoms with Crippen LogP contribution in [0, 0.1) is 23.7 Å². The van der Waals surface area contributed by atoms with Crippen molar-refractivity contribution in [3.8, 4) is 16.9 Å². The first kappa shape index (κ1) is 27.1. The molecule has 39 heavy (non-hydrogen) atoms. The van der Waals surface area contributed by atoms with Crippen LogP contribution >= 0.6 is 11.6 Å². The Balaban J connectivity index is 1.74. The number of hydrogen-bond donors (Lipinski definition) is 4. The Morgan fingerprint density at radius 1 is 1.03 bits per heavy atom. The minimum Gasteiger partial charge on any atom is -0.507 e. The van der Waals surface area contributed by atoms with Gasteiger partial charge in [0.1, 0.15) is 5.75 Å². The predicted molar refractivity (Wildman–Crippen MR) is 138 cm³/mol. The van der Waals surface area contributed by atoms with Gasteiger partial charge in [0.25, 0.3) is 0 Å². The number of phenolic OH excluding ortho intramolecular Hbond substituents is 1. The van der Waals surface area contributed by atoms with E-state index in [0.717, 1.165) is 0 Å². The van der Waals surface area contributed by atoms with Crippen LogP contribution in [0.1, 0.15) is 28.8 Å². The van der Waals surface area contributed by atoms with Gasteiger partial charge in [-0.3, -0.25) is 28.9 Å². The second-order valence-corrected chi connectivity index (χ2v) is 11.2. The van der Waals surface area contributed by atoms with Crippen molar-refractivity contribution in [2.75, 3.05) is 14.1 Å². The highest BCUT2D eigenvalue weighted by atomic mass is 35.5. The number of carbonyl (C=O) groups is 5. The van der Waals surface area contributed by atoms with E-state index in [1.807, 2.05) is 0 Å². The average Bonchev–Trinajstić information content (AvgIpc) is 2.86. The lowest BCUT2D eigenvalue weighted by atomic mass is 9.49. The van der Waals surface area contributed by atoms with E-state index in [4.69, 9.17) is 17.3 Å². The zero-order valence-corrected chi connectivity index (χ0v) is 22.0. The summed E-state index contributed by atoms with van der Waals surface area (Å²) in [7, 11) is 2.89. The second-order valence-electron chi connectivity index (χ2n) is 10.8. The molecule has 11 heteroatoms. The number of aliphatic hydroxyl groups is 2. The fourth-order valence-electron chi connectivity index (χ4n) is 6.95. The first-order chi connectivity index (χ1) is 18.2. The number of halogens is 1. The third-order valence-corrected chi connectivity index (χ3v) is 8.87. The Hall–Kier alpha value is -3.44. The van der Waals surface area contributed by atoms with E-state index in [2.05, 4.69) is 0 Å². The number of nitrogens with zero attached hydrogens (tertiary/aromatic N) is 1. The van der Waals surface area contributed by atoms with Crippen LogP contribution in [0.4, 0.5) is 0 Å². The first-order valence-electron chi connectivity index (χ1n) is 12.4. The standard InChI is InChI=1S/C28H27ClN2O8/c1-10-15-13(11-4-6-12(29)7-5-11)8-9-14(32)17(15)22(33)18-16(10)23(34)20-21(31(2)3)24(35)19(27(30)38)26(37)28(20,39)25(18)36/h4-10,16,18-21,23,32,34,39H,1-3H3,(H2,30,38)/t10?,16-,18?,19?,20-,21+,23+,28+/m1/s1. The summed E-state index contributed by atoms with van der Waals surface area (Å²) in [6, 6.07) is 8.27. The van der Waals surface area contributed by atoms with Gasteiger partial charge in [0.05, 0.1) is 29.5 Å². The smallest absolute Gasteiger partial charge is 0.235 e. The number of aliphatic hydroxyl groups excluding tert-OH is 1. The Bertz CT molecular complexity index is 1450. The molecule has 3 aliphatic carbocycles. The van der Waals surface area contributed by atoms with Gasteiger partial charge < -0.3 is 21.1 Å². The molecular weight excluding hydrogens is 528 g/mol. The molecule has 0 aliphatic heterocycles. The van der Waals surface area contributed by atoms with Crippen molar-refractivity contribution in [1.29, 1.82) is 0 Å². The van der Waals surface area contributed by atoms with Gasteiger partial charge in [-0.05, 0) is 54.9 Å². The molecule has 2 saturated carbocycles. The van der Waals surface area contributed by atoms with Crippen LogP contribution < -0.4 is 5.73 Å². The van der Waals surface area contributed by atoms with Gasteiger partial charge in [0, 0.05) is 10.9 Å². The van der Waals surface area contributed by atoms with E-state index in [1.165, 1.54) is 25.1 Å². The normalized spacial score (nSPS) is 34.0. The fourth-order valence-corrected chi connectivity index (χ4v) is 7.08. The van der Waals surface area contributed by atoms with Crippen LogP contribution in [0.15, 0.2) is 36.4 Å². The first-order valence-corrected chi connectivity index (χ1v) is 12.8. The molecule has 3 aliphatic rings. The van der Waals surface area contributed by atoms with Crippen molar-refractivity contribution >= 4 is 40.6 Å². The predicted octanol–water partition coefficient (Wildman–Crippen LogP) is 0.719. The molecule has 204 valence electrons. The van der Waals surface area contributed by atoms with Crippen LogP contribution in [-0.4, -0.2) is 81.1 Å². The summed E-state index contributed by atoms with van der Waals surface area (Å²) >= 11 is 6.04. The number of carbonyl (C=O) groups excluding carboxylic acids is 5. The Morgan fingerprint density at radius 3 is 2.21 bits per heavy atom. The van der Waals surface area contributed by atoms with E-state index >= 15 is 0 Å². The van der Waals surface area contributed by atoms with Gasteiger partial charge >= 0.3 is 0 Å². The lowest BCUT2D eigenvalue weighted by Gasteiger charge is -2.56. The molecular formula is C28H27ClN2O8. The highest BCUT2D eigenvalue weighted by Crippen LogP contribution is 2.55. The van der Waals surface area contributed by atoms with Gasteiger partial charge in [0.2, 0.25) is 5.91 Å². The van der Waals surface area contributed by atoms with Crippen LogP contribution in [0.5, 0.6) is 5.75 Å². The molecule has 3 unspecified atom stereocenters. The minimum absolute atomic E-state index is 0.159. The number of hydrogen-bond acceptors (Lipinski definition) is 9. The van der Waals surface area contributed by atoms with E-state index in [9.17, 15) is 39.3 Å². The van der Waals surface area contributed by atoms with Crippen molar-refractivity contribution in [3.05, 3.63) is 52.5 Å². The third-order valence-electron chi connectivity index (χ3n) is 8.62. The van der Waals surface area contributed by atoms with Crippen LogP contribution in [-0.2, 0) is 19.2 Å². The zero-order valence-electron chi connectivity index (χ0n) is 21.3. The molecule has 0 saturated heterocycles. The molecule has 0 radical (unpaired) electrons. The summed E-state index contributed by atoms with van der Waals surface area (Å²) in [5.74, 6) is -13.6. The number of likely N-dealkylation sites (N-methyl/N-ethyl adjacent to an activating group) is 1. The molecule has 0 aromatic heterocycles. The summed E-state index contributed by atoms with van der Waals surface area (Å²) in [5.41, 5.74) is 3.75. The van der Waals surface area contributed by atoms with Crippen LogP contribution in [0.3, 0.4) is 0 Å². The number of fused-ring (bicyclic) bond motifs is 3. The maximum atomic E-state index is 14.0. The number of aromatic hydroxyl groups is 1. The number of nitrogens with two attached hydrogens (primary N) is 1. The Morgan fingerprint density at radius 2 is 1.64 bits per heavy atom. The summed E-state index contributed by atoms with van der Waals surface area (Å²) < 4.78 is 0. The van der Waals surface area contributed by atoms with Crippen molar-refractivity contribution < 1.29 is 39.3 Å². The van der Waals surface area contributed by atoms with Crippen LogP contribution in [0.25, 0.3) is 11.1 Å². The highest BCUT2D eigenvalue weighted by Gasteiger charge is 2.73. The van der Waals surface area contributed by atoms with Gasteiger partial charge in [-0.15, -0.1) is 0 Å². The number of amides is 1. The molecule has 0 heterocycles. The number of ketones is 4. The number of Topliss-reactive ketones (excluding diaryl/α,β-unsaturated/α-hetero) is 4. The Kier molecular flexibility index (Phi) is 6.30. The molecule has 5 N–H and O–H groups in total. The highest BCUT2D eigenvalue weighted by molar-refractivity contribution is 6.32. The largest absolute Gasteiger partial charge is 0.507 e. The van der Waals surface area contributed by atoms with E-state index in [1.54, 1.807) is 37.3 Å². The van der Waals surface area contributed by atoms with Gasteiger partial charge in [0.15, 0.2) is 34.7 Å². The second kappa shape index (κ2) is 9.06. The Labute approximate surface area is 228 Å². The summed E-state index contributed by atoms with van der Waals surface area (Å²) in [5, 5.41) is 34.7. The number of rotatable bonds is 3. The van der Waals surface area contributed by atoms with Crippen LogP contribution in [0.2, 0.25) is 5.02 Å². The van der Waals surface area contributed by atoms with Crippen molar-refractivity contribution in [2.45, 2.75) is 30.6 Å². The molecule has 2 aromatic carbocycles. The lowest BCUT2D eigenvalue weighted by Crippen LogP contribution is -2.77. The molecule has 8 atom stereocenters. The molecule has 0 bridgehead atoms. The average molecular weight is 555 g/mol. The van der Waals surface area contributed by atoms with Gasteiger partial charge in [-0.1, -0.05) is 36.7 Å². The minimum atomic E-state index is -3.03. The monoisotopic (exact) mass is 554 g/mol. The van der Waals surface area contributed by atoms with Crippen molar-refractivity contribution in [2.24, 2.45) is 29.4 Å². The zero-order chi connectivity index (χ0) is 28.7. The van der Waals surface area contributed by atoms with Gasteiger partial charge in [-0.25, -0.2) is 0 Å². The number of primary amides is 1. The van der Waals surface area contributed by atoms with Crippen molar-refractivity contribution in [1.82, 2.24) is 4.90 Å². The van der Waals surface area contributed by atoms with E-state index in [0.29, 0.717) is 21.7 Å². The van der Waals surface area contributed by atoms with E-state index in [-0.39, 0.29) is 5.56 Å². The summed E-state index contributed by atoms with van der Waals surface area (Å²) in [4.78, 5) is 68.0. The topological polar surface area (TPSA) is 175 Å². The molecule has 2 aromatic rings. The molecule has 1 amide bonds. The number of phenols is 1.